The lowest BCUT2D eigenvalue weighted by atomic mass is 10.1. The van der Waals surface area contributed by atoms with Crippen LogP contribution in [0.5, 0.6) is 0 Å². The third-order valence-electron chi connectivity index (χ3n) is 3.54. The van der Waals surface area contributed by atoms with Gasteiger partial charge in [0.2, 0.25) is 0 Å². The van der Waals surface area contributed by atoms with Crippen LogP contribution < -0.4 is 10.2 Å². The molecular formula is C17H20N4O. The van der Waals surface area contributed by atoms with Crippen molar-refractivity contribution < 1.29 is 4.79 Å². The van der Waals surface area contributed by atoms with Crippen LogP contribution in [0.4, 0.5) is 11.5 Å². The van der Waals surface area contributed by atoms with Crippen molar-refractivity contribution in [3.8, 4) is 0 Å². The van der Waals surface area contributed by atoms with E-state index in [0.29, 0.717) is 5.69 Å². The maximum Gasteiger partial charge on any atom is 0.270 e. The standard InChI is InChI=1S/C17H20N4O/c1-17(2,3)20-16(22)13-10-15(19-11-18-13)21-9-8-12-6-4-5-7-14(12)21/h4-7,10-11H,8-9H2,1-3H3,(H,20,22). The summed E-state index contributed by atoms with van der Waals surface area (Å²) in [6, 6.07) is 10.0. The summed E-state index contributed by atoms with van der Waals surface area (Å²) in [6.07, 6.45) is 2.44. The van der Waals surface area contributed by atoms with E-state index in [1.807, 2.05) is 32.9 Å². The first-order chi connectivity index (χ1) is 10.4. The van der Waals surface area contributed by atoms with Gasteiger partial charge in [0.05, 0.1) is 0 Å². The van der Waals surface area contributed by atoms with Crippen LogP contribution in [-0.2, 0) is 6.42 Å². The van der Waals surface area contributed by atoms with Gasteiger partial charge in [-0.3, -0.25) is 4.79 Å². The summed E-state index contributed by atoms with van der Waals surface area (Å²) in [5.74, 6) is 0.586. The Morgan fingerprint density at radius 2 is 2.00 bits per heavy atom. The van der Waals surface area contributed by atoms with Gasteiger partial charge < -0.3 is 10.2 Å². The predicted molar refractivity (Wildman–Crippen MR) is 86.4 cm³/mol. The summed E-state index contributed by atoms with van der Waals surface area (Å²) in [5.41, 5.74) is 2.57. The molecule has 0 saturated carbocycles. The van der Waals surface area contributed by atoms with Crippen LogP contribution in [0.25, 0.3) is 0 Å². The molecule has 0 fully saturated rings. The minimum Gasteiger partial charge on any atom is -0.346 e. The molecule has 0 unspecified atom stereocenters. The Morgan fingerprint density at radius 3 is 2.77 bits per heavy atom. The Bertz CT molecular complexity index is 706. The molecule has 0 atom stereocenters. The largest absolute Gasteiger partial charge is 0.346 e. The second-order valence-corrected chi connectivity index (χ2v) is 6.50. The second-order valence-electron chi connectivity index (χ2n) is 6.50. The molecule has 1 aliphatic heterocycles. The fraction of sp³-hybridized carbons (Fsp3) is 0.353. The molecule has 114 valence electrons. The lowest BCUT2D eigenvalue weighted by molar-refractivity contribution is 0.0914. The molecule has 1 amide bonds. The molecule has 1 aromatic carbocycles. The van der Waals surface area contributed by atoms with Crippen molar-refractivity contribution in [3.05, 3.63) is 47.9 Å². The smallest absolute Gasteiger partial charge is 0.270 e. The van der Waals surface area contributed by atoms with Gasteiger partial charge in [0.25, 0.3) is 5.91 Å². The average molecular weight is 296 g/mol. The zero-order valence-electron chi connectivity index (χ0n) is 13.1. The van der Waals surface area contributed by atoms with Crippen molar-refractivity contribution in [2.45, 2.75) is 32.7 Å². The number of nitrogens with zero attached hydrogens (tertiary/aromatic N) is 3. The Labute approximate surface area is 130 Å². The molecule has 1 N–H and O–H groups in total. The number of hydrogen-bond donors (Lipinski definition) is 1. The van der Waals surface area contributed by atoms with Gasteiger partial charge in [0.1, 0.15) is 17.8 Å². The fourth-order valence-corrected chi connectivity index (χ4v) is 2.60. The highest BCUT2D eigenvalue weighted by Gasteiger charge is 2.22. The van der Waals surface area contributed by atoms with Crippen LogP contribution in [0.2, 0.25) is 0 Å². The number of carbonyl (C=O) groups is 1. The molecule has 2 heterocycles. The van der Waals surface area contributed by atoms with Gasteiger partial charge >= 0.3 is 0 Å². The molecule has 0 bridgehead atoms. The number of aromatic nitrogens is 2. The molecule has 5 heteroatoms. The van der Waals surface area contributed by atoms with Gasteiger partial charge in [-0.15, -0.1) is 0 Å². The Kier molecular flexibility index (Phi) is 3.56. The summed E-state index contributed by atoms with van der Waals surface area (Å²) >= 11 is 0. The molecule has 1 aliphatic rings. The molecule has 0 spiro atoms. The summed E-state index contributed by atoms with van der Waals surface area (Å²) < 4.78 is 0. The molecule has 5 nitrogen and oxygen atoms in total. The summed E-state index contributed by atoms with van der Waals surface area (Å²) in [4.78, 5) is 22.8. The number of fused-ring (bicyclic) bond motifs is 1. The van der Waals surface area contributed by atoms with Gasteiger partial charge in [-0.25, -0.2) is 9.97 Å². The highest BCUT2D eigenvalue weighted by atomic mass is 16.2. The average Bonchev–Trinajstić information content (AvgIpc) is 2.89. The van der Waals surface area contributed by atoms with E-state index in [2.05, 4.69) is 32.3 Å². The number of anilines is 2. The molecule has 2 aromatic rings. The SMILES string of the molecule is CC(C)(C)NC(=O)c1cc(N2CCc3ccccc32)ncn1. The van der Waals surface area contributed by atoms with Gasteiger partial charge in [0.15, 0.2) is 0 Å². The van der Waals surface area contributed by atoms with Gasteiger partial charge in [-0.05, 0) is 38.8 Å². The Morgan fingerprint density at radius 1 is 1.23 bits per heavy atom. The minimum absolute atomic E-state index is 0.177. The summed E-state index contributed by atoms with van der Waals surface area (Å²) in [7, 11) is 0. The minimum atomic E-state index is -0.289. The van der Waals surface area contributed by atoms with E-state index in [-0.39, 0.29) is 11.4 Å². The fourth-order valence-electron chi connectivity index (χ4n) is 2.60. The second kappa shape index (κ2) is 5.40. The van der Waals surface area contributed by atoms with Crippen molar-refractivity contribution in [1.29, 1.82) is 0 Å². The van der Waals surface area contributed by atoms with Crippen molar-refractivity contribution in [1.82, 2.24) is 15.3 Å². The van der Waals surface area contributed by atoms with Crippen molar-refractivity contribution in [2.75, 3.05) is 11.4 Å². The quantitative estimate of drug-likeness (QED) is 0.925. The first-order valence-electron chi connectivity index (χ1n) is 7.44. The van der Waals surface area contributed by atoms with E-state index in [1.54, 1.807) is 6.07 Å². The van der Waals surface area contributed by atoms with Crippen molar-refractivity contribution in [2.24, 2.45) is 0 Å². The van der Waals surface area contributed by atoms with Crippen LogP contribution in [0, 0.1) is 0 Å². The van der Waals surface area contributed by atoms with E-state index in [0.717, 1.165) is 24.5 Å². The van der Waals surface area contributed by atoms with E-state index < -0.39 is 0 Å². The Balaban J connectivity index is 1.88. The Hall–Kier alpha value is -2.43. The number of carbonyl (C=O) groups excluding carboxylic acids is 1. The number of hydrogen-bond acceptors (Lipinski definition) is 4. The van der Waals surface area contributed by atoms with Crippen LogP contribution in [0.15, 0.2) is 36.7 Å². The topological polar surface area (TPSA) is 58.1 Å². The van der Waals surface area contributed by atoms with Gasteiger partial charge in [-0.2, -0.15) is 0 Å². The van der Waals surface area contributed by atoms with Gasteiger partial charge in [-0.1, -0.05) is 18.2 Å². The third-order valence-corrected chi connectivity index (χ3v) is 3.54. The van der Waals surface area contributed by atoms with Crippen LogP contribution in [0.1, 0.15) is 36.8 Å². The van der Waals surface area contributed by atoms with E-state index in [9.17, 15) is 4.79 Å². The van der Waals surface area contributed by atoms with E-state index in [1.165, 1.54) is 11.9 Å². The normalized spacial score (nSPS) is 13.9. The van der Waals surface area contributed by atoms with Crippen LogP contribution in [0.3, 0.4) is 0 Å². The third kappa shape index (κ3) is 2.93. The van der Waals surface area contributed by atoms with Crippen LogP contribution >= 0.6 is 0 Å². The number of para-hydroxylation sites is 1. The van der Waals surface area contributed by atoms with E-state index in [4.69, 9.17) is 0 Å². The molecule has 3 rings (SSSR count). The molecule has 1 aromatic heterocycles. The first-order valence-corrected chi connectivity index (χ1v) is 7.44. The highest BCUT2D eigenvalue weighted by molar-refractivity contribution is 5.93. The van der Waals surface area contributed by atoms with E-state index >= 15 is 0 Å². The van der Waals surface area contributed by atoms with Crippen LogP contribution in [-0.4, -0.2) is 28.0 Å². The number of rotatable bonds is 2. The van der Waals surface area contributed by atoms with Crippen molar-refractivity contribution in [3.63, 3.8) is 0 Å². The number of amides is 1. The zero-order valence-corrected chi connectivity index (χ0v) is 13.1. The molecule has 0 radical (unpaired) electrons. The maximum absolute atomic E-state index is 12.3. The number of nitrogens with one attached hydrogen (secondary N) is 1. The lowest BCUT2D eigenvalue weighted by Gasteiger charge is -2.21. The monoisotopic (exact) mass is 296 g/mol. The first kappa shape index (κ1) is 14.5. The predicted octanol–water partition coefficient (Wildman–Crippen LogP) is 2.70. The molecule has 0 saturated heterocycles. The lowest BCUT2D eigenvalue weighted by Crippen LogP contribution is -2.41. The molecule has 0 aliphatic carbocycles. The summed E-state index contributed by atoms with van der Waals surface area (Å²) in [5, 5.41) is 2.92. The zero-order chi connectivity index (χ0) is 15.7. The molecule has 22 heavy (non-hydrogen) atoms. The van der Waals surface area contributed by atoms with Crippen molar-refractivity contribution >= 4 is 17.4 Å². The van der Waals surface area contributed by atoms with Gasteiger partial charge in [0, 0.05) is 23.8 Å². The molecular weight excluding hydrogens is 276 g/mol. The maximum atomic E-state index is 12.3. The number of benzene rings is 1. The summed E-state index contributed by atoms with van der Waals surface area (Å²) in [6.45, 7) is 6.72. The highest BCUT2D eigenvalue weighted by Crippen LogP contribution is 2.32.